The fourth-order valence-electron chi connectivity index (χ4n) is 4.29. The first-order valence-corrected chi connectivity index (χ1v) is 10.0. The van der Waals surface area contributed by atoms with Crippen LogP contribution in [0, 0.1) is 27.7 Å². The number of alkyl halides is 6. The monoisotopic (exact) mass is 463 g/mol. The molecule has 0 unspecified atom stereocenters. The lowest BCUT2D eigenvalue weighted by atomic mass is 9.95. The minimum Gasteiger partial charge on any atom is -0.228 e. The fourth-order valence-corrected chi connectivity index (χ4v) is 4.29. The van der Waals surface area contributed by atoms with Crippen molar-refractivity contribution >= 4 is 11.0 Å². The molecule has 9 heteroatoms. The Balaban J connectivity index is 2.14. The summed E-state index contributed by atoms with van der Waals surface area (Å²) in [5.41, 5.74) is 0.144. The Kier molecular flexibility index (Phi) is 5.26. The van der Waals surface area contributed by atoms with Crippen molar-refractivity contribution in [1.29, 1.82) is 0 Å². The summed E-state index contributed by atoms with van der Waals surface area (Å²) in [6.07, 6.45) is -9.48. The first kappa shape index (κ1) is 22.8. The predicted molar refractivity (Wildman–Crippen MR) is 113 cm³/mol. The van der Waals surface area contributed by atoms with Crippen LogP contribution in [0.5, 0.6) is 0 Å². The standard InChI is InChI=1S/C24H19F6N3/c1-12-9-13(2)20(14(3)10-12)18-11-17(24(28,29)30)21-15(4)32-33(22(21)31-18)19-8-6-5-7-16(19)23(25,26)27/h5-11H,1-4H3. The molecule has 4 rings (SSSR count). The van der Waals surface area contributed by atoms with Crippen LogP contribution in [0.25, 0.3) is 28.0 Å². The van der Waals surface area contributed by atoms with E-state index in [1.165, 1.54) is 25.1 Å². The molecule has 0 N–H and O–H groups in total. The molecule has 0 bridgehead atoms. The third-order valence-corrected chi connectivity index (χ3v) is 5.49. The van der Waals surface area contributed by atoms with Gasteiger partial charge >= 0.3 is 12.4 Å². The van der Waals surface area contributed by atoms with E-state index < -0.39 is 29.2 Å². The third-order valence-electron chi connectivity index (χ3n) is 5.49. The summed E-state index contributed by atoms with van der Waals surface area (Å²) in [5.74, 6) is 0. The van der Waals surface area contributed by atoms with Gasteiger partial charge in [-0.3, -0.25) is 0 Å². The van der Waals surface area contributed by atoms with Gasteiger partial charge in [0.1, 0.15) is 0 Å². The number of para-hydroxylation sites is 1. The van der Waals surface area contributed by atoms with Gasteiger partial charge in [0.2, 0.25) is 0 Å². The maximum atomic E-state index is 14.1. The van der Waals surface area contributed by atoms with E-state index in [-0.39, 0.29) is 22.4 Å². The van der Waals surface area contributed by atoms with E-state index >= 15 is 0 Å². The quantitative estimate of drug-likeness (QED) is 0.291. The topological polar surface area (TPSA) is 30.7 Å². The minimum atomic E-state index is -4.76. The number of hydrogen-bond donors (Lipinski definition) is 0. The fraction of sp³-hybridized carbons (Fsp3) is 0.250. The van der Waals surface area contributed by atoms with E-state index in [2.05, 4.69) is 10.1 Å². The Morgan fingerprint density at radius 2 is 1.33 bits per heavy atom. The van der Waals surface area contributed by atoms with Crippen molar-refractivity contribution in [3.8, 4) is 16.9 Å². The summed E-state index contributed by atoms with van der Waals surface area (Å²) in [6.45, 7) is 6.72. The number of rotatable bonds is 2. The van der Waals surface area contributed by atoms with Crippen molar-refractivity contribution in [2.45, 2.75) is 40.0 Å². The average Bonchev–Trinajstić information content (AvgIpc) is 3.02. The van der Waals surface area contributed by atoms with Crippen molar-refractivity contribution in [2.75, 3.05) is 0 Å². The maximum absolute atomic E-state index is 14.1. The molecule has 3 nitrogen and oxygen atoms in total. The Bertz CT molecular complexity index is 1360. The van der Waals surface area contributed by atoms with Crippen molar-refractivity contribution < 1.29 is 26.3 Å². The molecule has 0 saturated heterocycles. The van der Waals surface area contributed by atoms with E-state index in [0.717, 1.165) is 22.4 Å². The van der Waals surface area contributed by atoms with Gasteiger partial charge in [-0.1, -0.05) is 29.8 Å². The molecule has 172 valence electrons. The van der Waals surface area contributed by atoms with E-state index in [1.54, 1.807) is 13.8 Å². The zero-order chi connectivity index (χ0) is 24.3. The summed E-state index contributed by atoms with van der Waals surface area (Å²) in [7, 11) is 0. The van der Waals surface area contributed by atoms with Crippen LogP contribution in [-0.2, 0) is 12.4 Å². The molecule has 0 radical (unpaired) electrons. The van der Waals surface area contributed by atoms with Crippen molar-refractivity contribution in [1.82, 2.24) is 14.8 Å². The zero-order valence-corrected chi connectivity index (χ0v) is 18.2. The van der Waals surface area contributed by atoms with Gasteiger partial charge in [-0.25, -0.2) is 9.67 Å². The lowest BCUT2D eigenvalue weighted by Gasteiger charge is -2.16. The van der Waals surface area contributed by atoms with E-state index in [1.807, 2.05) is 19.1 Å². The number of fused-ring (bicyclic) bond motifs is 1. The van der Waals surface area contributed by atoms with Crippen LogP contribution in [-0.4, -0.2) is 14.8 Å². The molecule has 0 saturated carbocycles. The van der Waals surface area contributed by atoms with Gasteiger partial charge < -0.3 is 0 Å². The molecule has 0 spiro atoms. The molecule has 0 amide bonds. The van der Waals surface area contributed by atoms with Crippen LogP contribution in [0.4, 0.5) is 26.3 Å². The summed E-state index contributed by atoms with van der Waals surface area (Å²) in [5, 5.41) is 3.73. The summed E-state index contributed by atoms with van der Waals surface area (Å²) in [4.78, 5) is 4.42. The third kappa shape index (κ3) is 3.96. The minimum absolute atomic E-state index is 0.0236. The molecule has 33 heavy (non-hydrogen) atoms. The highest BCUT2D eigenvalue weighted by molar-refractivity contribution is 5.87. The van der Waals surface area contributed by atoms with Gasteiger partial charge in [-0.15, -0.1) is 0 Å². The van der Waals surface area contributed by atoms with Crippen LogP contribution >= 0.6 is 0 Å². The average molecular weight is 463 g/mol. The number of nitrogens with zero attached hydrogens (tertiary/aromatic N) is 3. The molecule has 2 heterocycles. The second-order valence-electron chi connectivity index (χ2n) is 8.04. The van der Waals surface area contributed by atoms with Gasteiger partial charge in [0, 0.05) is 5.56 Å². The number of halogens is 6. The zero-order valence-electron chi connectivity index (χ0n) is 18.2. The molecule has 0 aliphatic carbocycles. The largest absolute Gasteiger partial charge is 0.418 e. The molecule has 2 aromatic heterocycles. The number of pyridine rings is 1. The first-order valence-electron chi connectivity index (χ1n) is 10.0. The number of benzene rings is 2. The Morgan fingerprint density at radius 3 is 1.91 bits per heavy atom. The predicted octanol–water partition coefficient (Wildman–Crippen LogP) is 7.36. The second kappa shape index (κ2) is 7.60. The van der Waals surface area contributed by atoms with Crippen molar-refractivity contribution in [3.63, 3.8) is 0 Å². The lowest BCUT2D eigenvalue weighted by molar-refractivity contribution is -0.138. The Labute approximate surface area is 185 Å². The summed E-state index contributed by atoms with van der Waals surface area (Å²) in [6, 6.07) is 9.20. The van der Waals surface area contributed by atoms with Crippen molar-refractivity contribution in [3.05, 3.63) is 76.0 Å². The Morgan fingerprint density at radius 1 is 0.758 bits per heavy atom. The van der Waals surface area contributed by atoms with Crippen LogP contribution in [0.3, 0.4) is 0 Å². The molecule has 0 aliphatic rings. The van der Waals surface area contributed by atoms with Gasteiger partial charge in [0.05, 0.1) is 33.6 Å². The van der Waals surface area contributed by atoms with E-state index in [4.69, 9.17) is 0 Å². The van der Waals surface area contributed by atoms with E-state index in [0.29, 0.717) is 16.7 Å². The van der Waals surface area contributed by atoms with Crippen LogP contribution in [0.1, 0.15) is 33.5 Å². The maximum Gasteiger partial charge on any atom is 0.418 e. The SMILES string of the molecule is Cc1cc(C)c(-c2cc(C(F)(F)F)c3c(C)nn(-c4ccccc4C(F)(F)F)c3n2)c(C)c1. The van der Waals surface area contributed by atoms with Crippen LogP contribution < -0.4 is 0 Å². The number of aryl methyl sites for hydroxylation is 4. The number of hydrogen-bond acceptors (Lipinski definition) is 2. The highest BCUT2D eigenvalue weighted by Gasteiger charge is 2.38. The highest BCUT2D eigenvalue weighted by Crippen LogP contribution is 2.41. The van der Waals surface area contributed by atoms with E-state index in [9.17, 15) is 26.3 Å². The smallest absolute Gasteiger partial charge is 0.228 e. The summed E-state index contributed by atoms with van der Waals surface area (Å²) < 4.78 is 84.1. The first-order chi connectivity index (χ1) is 15.3. The molecule has 0 fully saturated rings. The lowest BCUT2D eigenvalue weighted by Crippen LogP contribution is -2.12. The van der Waals surface area contributed by atoms with Gasteiger partial charge in [0.15, 0.2) is 5.65 Å². The van der Waals surface area contributed by atoms with Gasteiger partial charge in [-0.05, 0) is 57.0 Å². The van der Waals surface area contributed by atoms with Gasteiger partial charge in [-0.2, -0.15) is 31.4 Å². The molecule has 0 atom stereocenters. The molecule has 4 aromatic rings. The summed E-state index contributed by atoms with van der Waals surface area (Å²) >= 11 is 0. The van der Waals surface area contributed by atoms with Crippen LogP contribution in [0.15, 0.2) is 42.5 Å². The van der Waals surface area contributed by atoms with Crippen molar-refractivity contribution in [2.24, 2.45) is 0 Å². The normalized spacial score (nSPS) is 12.5. The molecule has 0 aliphatic heterocycles. The van der Waals surface area contributed by atoms with Gasteiger partial charge in [0.25, 0.3) is 0 Å². The molecular formula is C24H19F6N3. The highest BCUT2D eigenvalue weighted by atomic mass is 19.4. The van der Waals surface area contributed by atoms with Crippen LogP contribution in [0.2, 0.25) is 0 Å². The second-order valence-corrected chi connectivity index (χ2v) is 8.04. The molecule has 2 aromatic carbocycles. The Hall–Kier alpha value is -3.36. The number of aromatic nitrogens is 3. The molecular weight excluding hydrogens is 444 g/mol.